The molecule has 0 bridgehead atoms. The van der Waals surface area contributed by atoms with E-state index >= 15 is 0 Å². The van der Waals surface area contributed by atoms with Crippen molar-refractivity contribution in [1.82, 2.24) is 20.3 Å². The zero-order valence-electron chi connectivity index (χ0n) is 17.4. The molecule has 0 saturated heterocycles. The molecule has 1 aliphatic carbocycles. The van der Waals surface area contributed by atoms with E-state index in [-0.39, 0.29) is 11.9 Å². The molecule has 31 heavy (non-hydrogen) atoms. The number of nitrogens with two attached hydrogens (primary N) is 1. The molecule has 1 unspecified atom stereocenters. The van der Waals surface area contributed by atoms with E-state index in [4.69, 9.17) is 21.1 Å². The number of nitrogens with one attached hydrogen (secondary N) is 3. The molecule has 2 aromatic heterocycles. The molecular formula is C25H26N6. The highest BCUT2D eigenvalue weighted by atomic mass is 14.9. The van der Waals surface area contributed by atoms with Gasteiger partial charge in [0.15, 0.2) is 0 Å². The fraction of sp³-hybridized carbons (Fsp3) is 0.240. The maximum absolute atomic E-state index is 7.82. The van der Waals surface area contributed by atoms with Gasteiger partial charge in [0, 0.05) is 24.7 Å². The topological polar surface area (TPSA) is 103 Å². The number of nitrogens with zero attached hydrogens (tertiary/aromatic N) is 2. The molecule has 0 spiro atoms. The van der Waals surface area contributed by atoms with Crippen LogP contribution < -0.4 is 11.1 Å². The van der Waals surface area contributed by atoms with Gasteiger partial charge in [-0.2, -0.15) is 0 Å². The summed E-state index contributed by atoms with van der Waals surface area (Å²) in [6.45, 7) is 0.662. The number of H-pyrrole nitrogens is 1. The highest BCUT2D eigenvalue weighted by molar-refractivity contribution is 5.96. The largest absolute Gasteiger partial charge is 0.384 e. The molecule has 1 atom stereocenters. The minimum atomic E-state index is 0.104. The van der Waals surface area contributed by atoms with Crippen LogP contribution in [0.1, 0.15) is 52.7 Å². The Labute approximate surface area is 181 Å². The Morgan fingerprint density at radius 3 is 2.81 bits per heavy atom. The van der Waals surface area contributed by atoms with Gasteiger partial charge in [-0.25, -0.2) is 4.98 Å². The Balaban J connectivity index is 1.38. The number of hydrogen-bond acceptors (Lipinski definition) is 4. The van der Waals surface area contributed by atoms with E-state index in [0.29, 0.717) is 6.54 Å². The SMILES string of the molecule is N=C(N)c1ccccc1CNC1CCCc2c(Cc3nc4ccccc4[nH]3)ccnc21. The minimum Gasteiger partial charge on any atom is -0.384 e. The van der Waals surface area contributed by atoms with Crippen molar-refractivity contribution in [3.63, 3.8) is 0 Å². The van der Waals surface area contributed by atoms with E-state index in [2.05, 4.69) is 22.4 Å². The van der Waals surface area contributed by atoms with Gasteiger partial charge in [0.05, 0.1) is 22.8 Å². The number of rotatable bonds is 6. The van der Waals surface area contributed by atoms with Crippen molar-refractivity contribution >= 4 is 16.9 Å². The van der Waals surface area contributed by atoms with Crippen LogP contribution in [-0.4, -0.2) is 20.8 Å². The Kier molecular flexibility index (Phi) is 5.22. The second-order valence-electron chi connectivity index (χ2n) is 8.11. The third-order valence-corrected chi connectivity index (χ3v) is 6.08. The van der Waals surface area contributed by atoms with Crippen molar-refractivity contribution < 1.29 is 0 Å². The summed E-state index contributed by atoms with van der Waals surface area (Å²) in [5, 5.41) is 11.5. The van der Waals surface area contributed by atoms with Crippen molar-refractivity contribution in [3.8, 4) is 0 Å². The first-order chi connectivity index (χ1) is 15.2. The summed E-state index contributed by atoms with van der Waals surface area (Å²) in [6.07, 6.45) is 5.91. The Hall–Kier alpha value is -3.51. The number of pyridine rings is 1. The molecule has 0 radical (unpaired) electrons. The quantitative estimate of drug-likeness (QED) is 0.285. The highest BCUT2D eigenvalue weighted by Gasteiger charge is 2.24. The number of imidazole rings is 1. The average molecular weight is 411 g/mol. The molecule has 1 aliphatic rings. The van der Waals surface area contributed by atoms with Crippen molar-refractivity contribution in [2.24, 2.45) is 5.73 Å². The molecule has 0 fully saturated rings. The number of benzene rings is 2. The van der Waals surface area contributed by atoms with Gasteiger partial charge in [-0.15, -0.1) is 0 Å². The maximum atomic E-state index is 7.82. The summed E-state index contributed by atoms with van der Waals surface area (Å²) in [4.78, 5) is 13.0. The molecular weight excluding hydrogens is 384 g/mol. The van der Waals surface area contributed by atoms with E-state index in [1.54, 1.807) is 0 Å². The minimum absolute atomic E-state index is 0.104. The van der Waals surface area contributed by atoms with Crippen molar-refractivity contribution in [2.45, 2.75) is 38.3 Å². The molecule has 0 aliphatic heterocycles. The zero-order valence-corrected chi connectivity index (χ0v) is 17.4. The lowest BCUT2D eigenvalue weighted by molar-refractivity contribution is 0.446. The van der Waals surface area contributed by atoms with Crippen LogP contribution in [0, 0.1) is 5.41 Å². The lowest BCUT2D eigenvalue weighted by atomic mass is 9.87. The fourth-order valence-corrected chi connectivity index (χ4v) is 4.56. The fourth-order valence-electron chi connectivity index (χ4n) is 4.56. The average Bonchev–Trinajstić information content (AvgIpc) is 3.20. The molecule has 2 aromatic carbocycles. The third kappa shape index (κ3) is 3.94. The standard InChI is InChI=1S/C25H26N6/c26-25(27)19-7-2-1-6-17(19)15-29-22-11-5-8-18-16(12-13-28-24(18)22)14-23-30-20-9-3-4-10-21(20)31-23/h1-4,6-7,9-10,12-13,22,29H,5,8,11,14-15H2,(H3,26,27)(H,30,31). The van der Waals surface area contributed by atoms with Crippen LogP contribution in [0.2, 0.25) is 0 Å². The molecule has 2 heterocycles. The number of para-hydroxylation sites is 2. The first-order valence-corrected chi connectivity index (χ1v) is 10.7. The predicted octanol–water partition coefficient (Wildman–Crippen LogP) is 4.00. The van der Waals surface area contributed by atoms with E-state index in [1.807, 2.05) is 48.7 Å². The van der Waals surface area contributed by atoms with Gasteiger partial charge in [0.1, 0.15) is 11.7 Å². The van der Waals surface area contributed by atoms with Crippen LogP contribution in [0.15, 0.2) is 60.8 Å². The monoisotopic (exact) mass is 410 g/mol. The van der Waals surface area contributed by atoms with Crippen molar-refractivity contribution in [2.75, 3.05) is 0 Å². The van der Waals surface area contributed by atoms with Crippen LogP contribution in [0.25, 0.3) is 11.0 Å². The van der Waals surface area contributed by atoms with Gasteiger partial charge >= 0.3 is 0 Å². The molecule has 6 nitrogen and oxygen atoms in total. The first-order valence-electron chi connectivity index (χ1n) is 10.7. The Morgan fingerprint density at radius 2 is 1.94 bits per heavy atom. The van der Waals surface area contributed by atoms with E-state index < -0.39 is 0 Å². The number of aromatic amines is 1. The van der Waals surface area contributed by atoms with E-state index in [9.17, 15) is 0 Å². The summed E-state index contributed by atoms with van der Waals surface area (Å²) in [6, 6.07) is 18.3. The molecule has 5 N–H and O–H groups in total. The van der Waals surface area contributed by atoms with Crippen LogP contribution in [-0.2, 0) is 19.4 Å². The van der Waals surface area contributed by atoms with Crippen molar-refractivity contribution in [1.29, 1.82) is 5.41 Å². The number of nitrogen functional groups attached to an aromatic ring is 1. The normalized spacial score (nSPS) is 15.7. The summed E-state index contributed by atoms with van der Waals surface area (Å²) in [7, 11) is 0. The van der Waals surface area contributed by atoms with E-state index in [1.165, 1.54) is 11.1 Å². The maximum Gasteiger partial charge on any atom is 0.123 e. The van der Waals surface area contributed by atoms with Gasteiger partial charge in [0.2, 0.25) is 0 Å². The van der Waals surface area contributed by atoms with Gasteiger partial charge < -0.3 is 16.0 Å². The van der Waals surface area contributed by atoms with Crippen molar-refractivity contribution in [3.05, 3.63) is 94.6 Å². The van der Waals surface area contributed by atoms with E-state index in [0.717, 1.165) is 59.4 Å². The second-order valence-corrected chi connectivity index (χ2v) is 8.11. The summed E-state index contributed by atoms with van der Waals surface area (Å²) in [5.41, 5.74) is 13.4. The molecule has 0 saturated carbocycles. The van der Waals surface area contributed by atoms with Gasteiger partial charge in [-0.1, -0.05) is 36.4 Å². The zero-order chi connectivity index (χ0) is 21.2. The summed E-state index contributed by atoms with van der Waals surface area (Å²) < 4.78 is 0. The molecule has 156 valence electrons. The number of aromatic nitrogens is 3. The predicted molar refractivity (Wildman–Crippen MR) is 123 cm³/mol. The molecule has 5 rings (SSSR count). The molecule has 4 aromatic rings. The molecule has 6 heteroatoms. The van der Waals surface area contributed by atoms with Crippen LogP contribution in [0.3, 0.4) is 0 Å². The van der Waals surface area contributed by atoms with Crippen LogP contribution >= 0.6 is 0 Å². The highest BCUT2D eigenvalue weighted by Crippen LogP contribution is 2.31. The van der Waals surface area contributed by atoms with Crippen LogP contribution in [0.5, 0.6) is 0 Å². The third-order valence-electron chi connectivity index (χ3n) is 6.08. The van der Waals surface area contributed by atoms with Gasteiger partial charge in [-0.05, 0) is 54.2 Å². The number of hydrogen-bond donors (Lipinski definition) is 4. The molecule has 0 amide bonds. The Morgan fingerprint density at radius 1 is 1.10 bits per heavy atom. The summed E-state index contributed by atoms with van der Waals surface area (Å²) in [5.74, 6) is 1.09. The lowest BCUT2D eigenvalue weighted by Gasteiger charge is -2.27. The number of amidine groups is 1. The Bertz CT molecular complexity index is 1210. The smallest absolute Gasteiger partial charge is 0.123 e. The number of fused-ring (bicyclic) bond motifs is 2. The van der Waals surface area contributed by atoms with Gasteiger partial charge in [0.25, 0.3) is 0 Å². The second kappa shape index (κ2) is 8.32. The van der Waals surface area contributed by atoms with Crippen LogP contribution in [0.4, 0.5) is 0 Å². The lowest BCUT2D eigenvalue weighted by Crippen LogP contribution is -2.28. The summed E-state index contributed by atoms with van der Waals surface area (Å²) >= 11 is 0. The van der Waals surface area contributed by atoms with Gasteiger partial charge in [-0.3, -0.25) is 10.4 Å². The first kappa shape index (κ1) is 19.5.